The van der Waals surface area contributed by atoms with Gasteiger partial charge in [-0.25, -0.2) is 4.79 Å². The molecular weight excluding hydrogens is 399 g/mol. The zero-order valence-corrected chi connectivity index (χ0v) is 16.7. The monoisotopic (exact) mass is 420 g/mol. The van der Waals surface area contributed by atoms with Gasteiger partial charge >= 0.3 is 5.97 Å². The minimum Gasteiger partial charge on any atom is -0.480 e. The summed E-state index contributed by atoms with van der Waals surface area (Å²) < 4.78 is 0. The lowest BCUT2D eigenvalue weighted by Crippen LogP contribution is -2.41. The standard InChI is InChI=1S/C17H22Cl2N2O4S/c1-11(22)20-15(17(24)25)8-12-2-4-14(5-3-12)21-16(23)9-13(19)10-26-7-6-18/h2-5,13,15H,6-10H2,1H3,(H,20,22)(H,21,23)(H,24,25). The molecule has 0 bridgehead atoms. The van der Waals surface area contributed by atoms with Gasteiger partial charge in [-0.05, 0) is 17.7 Å². The fourth-order valence-corrected chi connectivity index (χ4v) is 3.53. The van der Waals surface area contributed by atoms with Crippen LogP contribution < -0.4 is 10.6 Å². The number of anilines is 1. The molecule has 2 unspecified atom stereocenters. The van der Waals surface area contributed by atoms with E-state index in [0.717, 1.165) is 11.3 Å². The Morgan fingerprint density at radius 1 is 1.23 bits per heavy atom. The molecular formula is C17H22Cl2N2O4S. The van der Waals surface area contributed by atoms with Crippen molar-refractivity contribution in [2.75, 3.05) is 22.7 Å². The normalized spacial score (nSPS) is 12.9. The zero-order chi connectivity index (χ0) is 19.5. The SMILES string of the molecule is CC(=O)NC(Cc1ccc(NC(=O)CC(Cl)CSCCCl)cc1)C(=O)O. The maximum atomic E-state index is 12.0. The Bertz CT molecular complexity index is 613. The van der Waals surface area contributed by atoms with E-state index >= 15 is 0 Å². The van der Waals surface area contributed by atoms with Gasteiger partial charge in [0.25, 0.3) is 0 Å². The number of rotatable bonds is 11. The number of thioether (sulfide) groups is 1. The summed E-state index contributed by atoms with van der Waals surface area (Å²) in [5, 5.41) is 14.0. The number of halogens is 2. The molecule has 0 aliphatic heterocycles. The fourth-order valence-electron chi connectivity index (χ4n) is 2.14. The molecule has 2 atom stereocenters. The maximum absolute atomic E-state index is 12.0. The highest BCUT2D eigenvalue weighted by Gasteiger charge is 2.18. The summed E-state index contributed by atoms with van der Waals surface area (Å²) in [7, 11) is 0. The number of amides is 2. The summed E-state index contributed by atoms with van der Waals surface area (Å²) in [5.74, 6) is 0.311. The Labute approximate surface area is 167 Å². The van der Waals surface area contributed by atoms with E-state index in [-0.39, 0.29) is 24.1 Å². The average molecular weight is 421 g/mol. The number of carbonyl (C=O) groups is 3. The lowest BCUT2D eigenvalue weighted by atomic mass is 10.1. The third kappa shape index (κ3) is 9.31. The van der Waals surface area contributed by atoms with Crippen molar-refractivity contribution in [2.24, 2.45) is 0 Å². The van der Waals surface area contributed by atoms with Gasteiger partial charge in [0.1, 0.15) is 6.04 Å². The van der Waals surface area contributed by atoms with E-state index in [2.05, 4.69) is 10.6 Å². The molecule has 0 saturated carbocycles. The van der Waals surface area contributed by atoms with Crippen LogP contribution in [-0.4, -0.2) is 51.7 Å². The molecule has 0 aliphatic rings. The summed E-state index contributed by atoms with van der Waals surface area (Å²) in [6.45, 7) is 1.27. The third-order valence-electron chi connectivity index (χ3n) is 3.28. The van der Waals surface area contributed by atoms with Gasteiger partial charge in [0, 0.05) is 42.8 Å². The van der Waals surface area contributed by atoms with E-state index in [1.807, 2.05) is 0 Å². The molecule has 0 aromatic heterocycles. The second-order valence-electron chi connectivity index (χ2n) is 5.61. The summed E-state index contributed by atoms with van der Waals surface area (Å²) in [6, 6.07) is 5.80. The summed E-state index contributed by atoms with van der Waals surface area (Å²) in [6.07, 6.45) is 0.354. The van der Waals surface area contributed by atoms with Crippen molar-refractivity contribution in [1.82, 2.24) is 5.32 Å². The Kier molecular flexibility index (Phi) is 10.5. The van der Waals surface area contributed by atoms with Crippen LogP contribution in [0.1, 0.15) is 18.9 Å². The van der Waals surface area contributed by atoms with Crippen molar-refractivity contribution in [3.63, 3.8) is 0 Å². The van der Waals surface area contributed by atoms with E-state index in [1.165, 1.54) is 6.92 Å². The predicted octanol–water partition coefficient (Wildman–Crippen LogP) is 2.73. The largest absolute Gasteiger partial charge is 0.480 e. The molecule has 0 spiro atoms. The molecule has 0 aliphatic carbocycles. The minimum absolute atomic E-state index is 0.157. The van der Waals surface area contributed by atoms with Gasteiger partial charge < -0.3 is 15.7 Å². The Morgan fingerprint density at radius 3 is 2.42 bits per heavy atom. The van der Waals surface area contributed by atoms with Gasteiger partial charge in [-0.15, -0.1) is 23.2 Å². The summed E-state index contributed by atoms with van der Waals surface area (Å²) in [4.78, 5) is 34.2. The smallest absolute Gasteiger partial charge is 0.326 e. The van der Waals surface area contributed by atoms with Crippen molar-refractivity contribution in [3.05, 3.63) is 29.8 Å². The topological polar surface area (TPSA) is 95.5 Å². The number of carboxylic acids is 1. The molecule has 9 heteroatoms. The minimum atomic E-state index is -1.10. The van der Waals surface area contributed by atoms with Crippen LogP contribution in [0.4, 0.5) is 5.69 Å². The van der Waals surface area contributed by atoms with Crippen LogP contribution in [0.3, 0.4) is 0 Å². The van der Waals surface area contributed by atoms with Gasteiger partial charge in [0.2, 0.25) is 11.8 Å². The van der Waals surface area contributed by atoms with E-state index in [1.54, 1.807) is 36.0 Å². The van der Waals surface area contributed by atoms with E-state index in [4.69, 9.17) is 28.3 Å². The molecule has 6 nitrogen and oxygen atoms in total. The molecule has 2 amide bonds. The second kappa shape index (κ2) is 12.0. The van der Waals surface area contributed by atoms with Crippen LogP contribution in [0.5, 0.6) is 0 Å². The third-order valence-corrected chi connectivity index (χ3v) is 5.32. The highest BCUT2D eigenvalue weighted by Crippen LogP contribution is 2.15. The van der Waals surface area contributed by atoms with Crippen LogP contribution in [0.15, 0.2) is 24.3 Å². The van der Waals surface area contributed by atoms with Crippen LogP contribution in [0.25, 0.3) is 0 Å². The maximum Gasteiger partial charge on any atom is 0.326 e. The highest BCUT2D eigenvalue weighted by molar-refractivity contribution is 7.99. The number of benzene rings is 1. The quantitative estimate of drug-likeness (QED) is 0.377. The van der Waals surface area contributed by atoms with Gasteiger partial charge in [-0.1, -0.05) is 12.1 Å². The molecule has 26 heavy (non-hydrogen) atoms. The second-order valence-corrected chi connectivity index (χ2v) is 7.75. The number of alkyl halides is 2. The molecule has 1 rings (SSSR count). The number of aliphatic carboxylic acids is 1. The Balaban J connectivity index is 2.52. The van der Waals surface area contributed by atoms with E-state index in [0.29, 0.717) is 17.3 Å². The molecule has 144 valence electrons. The van der Waals surface area contributed by atoms with E-state index < -0.39 is 17.9 Å². The van der Waals surface area contributed by atoms with Crippen molar-refractivity contribution in [2.45, 2.75) is 31.2 Å². The number of nitrogens with one attached hydrogen (secondary N) is 2. The first kappa shape index (κ1) is 22.6. The first-order valence-corrected chi connectivity index (χ1v) is 10.1. The predicted molar refractivity (Wildman–Crippen MR) is 106 cm³/mol. The van der Waals surface area contributed by atoms with Gasteiger partial charge in [0.05, 0.1) is 5.38 Å². The van der Waals surface area contributed by atoms with Gasteiger partial charge in [-0.2, -0.15) is 11.8 Å². The molecule has 0 fully saturated rings. The highest BCUT2D eigenvalue weighted by atomic mass is 35.5. The van der Waals surface area contributed by atoms with Crippen LogP contribution in [-0.2, 0) is 20.8 Å². The van der Waals surface area contributed by atoms with E-state index in [9.17, 15) is 14.4 Å². The van der Waals surface area contributed by atoms with Crippen molar-refractivity contribution in [3.8, 4) is 0 Å². The summed E-state index contributed by atoms with van der Waals surface area (Å²) in [5.41, 5.74) is 1.33. The lowest BCUT2D eigenvalue weighted by molar-refractivity contribution is -0.141. The van der Waals surface area contributed by atoms with Crippen LogP contribution in [0, 0.1) is 0 Å². The molecule has 3 N–H and O–H groups in total. The number of hydrogen-bond acceptors (Lipinski definition) is 4. The van der Waals surface area contributed by atoms with Crippen molar-refractivity contribution < 1.29 is 19.5 Å². The lowest BCUT2D eigenvalue weighted by Gasteiger charge is -2.14. The Morgan fingerprint density at radius 2 is 1.88 bits per heavy atom. The number of hydrogen-bond donors (Lipinski definition) is 3. The molecule has 1 aromatic carbocycles. The molecule has 1 aromatic rings. The van der Waals surface area contributed by atoms with Gasteiger partial charge in [0.15, 0.2) is 0 Å². The average Bonchev–Trinajstić information content (AvgIpc) is 2.55. The number of carbonyl (C=O) groups excluding carboxylic acids is 2. The first-order valence-electron chi connectivity index (χ1n) is 7.98. The first-order chi connectivity index (χ1) is 12.3. The zero-order valence-electron chi connectivity index (χ0n) is 14.3. The van der Waals surface area contributed by atoms with Crippen LogP contribution in [0.2, 0.25) is 0 Å². The van der Waals surface area contributed by atoms with Crippen LogP contribution >= 0.6 is 35.0 Å². The summed E-state index contributed by atoms with van der Waals surface area (Å²) >= 11 is 13.3. The Hall–Kier alpha value is -1.44. The van der Waals surface area contributed by atoms with Crippen molar-refractivity contribution >= 4 is 58.4 Å². The number of carboxylic acid groups (broad SMARTS) is 1. The molecule has 0 heterocycles. The van der Waals surface area contributed by atoms with Gasteiger partial charge in [-0.3, -0.25) is 9.59 Å². The van der Waals surface area contributed by atoms with Crippen molar-refractivity contribution in [1.29, 1.82) is 0 Å². The fraction of sp³-hybridized carbons (Fsp3) is 0.471. The molecule has 0 saturated heterocycles. The molecule has 0 radical (unpaired) electrons.